The molecule has 1 N–H and O–H groups in total. The molecule has 0 saturated carbocycles. The molecule has 0 fully saturated rings. The van der Waals surface area contributed by atoms with Crippen LogP contribution in [0.4, 0.5) is 0 Å². The summed E-state index contributed by atoms with van der Waals surface area (Å²) in [7, 11) is 4.43. The van der Waals surface area contributed by atoms with Crippen molar-refractivity contribution in [2.24, 2.45) is 0 Å². The van der Waals surface area contributed by atoms with Gasteiger partial charge >= 0.3 is 0 Å². The van der Waals surface area contributed by atoms with Crippen molar-refractivity contribution in [3.63, 3.8) is 0 Å². The van der Waals surface area contributed by atoms with Crippen LogP contribution in [0.1, 0.15) is 104 Å². The first kappa shape index (κ1) is 31.1. The van der Waals surface area contributed by atoms with E-state index in [0.717, 1.165) is 23.1 Å². The van der Waals surface area contributed by atoms with Crippen molar-refractivity contribution in [2.75, 3.05) is 40.4 Å². The summed E-state index contributed by atoms with van der Waals surface area (Å²) in [6.45, 7) is 10.9. The monoisotopic (exact) mass is 433 g/mol. The van der Waals surface area contributed by atoms with Crippen LogP contribution in [0.3, 0.4) is 0 Å². The van der Waals surface area contributed by atoms with Crippen LogP contribution in [-0.4, -0.2) is 56.1 Å². The van der Waals surface area contributed by atoms with Crippen LogP contribution in [0.25, 0.3) is 0 Å². The zero-order chi connectivity index (χ0) is 21.1. The second-order valence-electron chi connectivity index (χ2n) is 9.56. The second kappa shape index (κ2) is 21.2. The molecule has 4 heteroatoms. The van der Waals surface area contributed by atoms with Gasteiger partial charge in [0.05, 0.1) is 33.9 Å². The van der Waals surface area contributed by atoms with Crippen LogP contribution in [-0.2, 0) is 4.74 Å². The van der Waals surface area contributed by atoms with E-state index >= 15 is 0 Å². The Balaban J connectivity index is 0. The number of aliphatic hydroxyl groups is 1. The molecule has 0 rings (SSSR count). The Morgan fingerprint density at radius 2 is 1.24 bits per heavy atom. The highest BCUT2D eigenvalue weighted by molar-refractivity contribution is 4.87. The fraction of sp³-hybridized carbons (Fsp3) is 0.920. The van der Waals surface area contributed by atoms with E-state index in [-0.39, 0.29) is 18.5 Å². The predicted octanol–water partition coefficient (Wildman–Crippen LogP) is 3.50. The van der Waals surface area contributed by atoms with Crippen molar-refractivity contribution in [1.82, 2.24) is 0 Å². The summed E-state index contributed by atoms with van der Waals surface area (Å²) in [5, 5.41) is 10.1. The number of aliphatic hydroxyl groups excluding tert-OH is 1. The molecule has 0 aromatic rings. The van der Waals surface area contributed by atoms with Crippen molar-refractivity contribution in [2.45, 2.75) is 110 Å². The third-order valence-electron chi connectivity index (χ3n) is 5.48. The van der Waals surface area contributed by atoms with E-state index in [1.165, 1.54) is 89.9 Å². The molecular weight excluding hydrogens is 382 g/mol. The fourth-order valence-electron chi connectivity index (χ4n) is 3.82. The summed E-state index contributed by atoms with van der Waals surface area (Å²) in [6.07, 6.45) is 19.2. The molecule has 0 spiro atoms. The molecule has 3 nitrogen and oxygen atoms in total. The third kappa shape index (κ3) is 24.1. The highest BCUT2D eigenvalue weighted by Gasteiger charge is 2.20. The number of ether oxygens (including phenoxy) is 1. The van der Waals surface area contributed by atoms with Crippen molar-refractivity contribution < 1.29 is 26.7 Å². The van der Waals surface area contributed by atoms with Gasteiger partial charge in [-0.3, -0.25) is 0 Å². The lowest BCUT2D eigenvalue weighted by atomic mass is 10.0. The average molecular weight is 434 g/mol. The second-order valence-corrected chi connectivity index (χ2v) is 9.56. The molecule has 0 aliphatic carbocycles. The zero-order valence-electron chi connectivity index (χ0n) is 20.2. The number of halogens is 1. The molecule has 1 unspecified atom stereocenters. The number of hydrogen-bond acceptors (Lipinski definition) is 2. The predicted molar refractivity (Wildman–Crippen MR) is 124 cm³/mol. The zero-order valence-corrected chi connectivity index (χ0v) is 20.9. The van der Waals surface area contributed by atoms with Gasteiger partial charge in [0.15, 0.2) is 0 Å². The molecule has 0 aromatic heterocycles. The number of likely N-dealkylation sites (N-methyl/N-ethyl adjacent to an activating group) is 1. The van der Waals surface area contributed by atoms with Crippen molar-refractivity contribution in [3.8, 4) is 0 Å². The SMILES string of the molecule is C=C(C)COCC(O)C[N+](C)(C)CCCCCCCCCCCCCCCC.[Cl-]. The first-order valence-electron chi connectivity index (χ1n) is 12.1. The van der Waals surface area contributed by atoms with E-state index < -0.39 is 0 Å². The van der Waals surface area contributed by atoms with Gasteiger partial charge in [0.1, 0.15) is 12.6 Å². The van der Waals surface area contributed by atoms with Gasteiger partial charge in [0.25, 0.3) is 0 Å². The molecular formula is C25H52ClNO2. The minimum absolute atomic E-state index is 0. The van der Waals surface area contributed by atoms with Gasteiger partial charge in [0.2, 0.25) is 0 Å². The molecule has 29 heavy (non-hydrogen) atoms. The maximum Gasteiger partial charge on any atom is 0.126 e. The number of nitrogens with zero attached hydrogens (tertiary/aromatic N) is 1. The van der Waals surface area contributed by atoms with Crippen LogP contribution in [0, 0.1) is 0 Å². The van der Waals surface area contributed by atoms with Crippen molar-refractivity contribution in [3.05, 3.63) is 12.2 Å². The third-order valence-corrected chi connectivity index (χ3v) is 5.48. The lowest BCUT2D eigenvalue weighted by Crippen LogP contribution is -3.00. The molecule has 1 atom stereocenters. The number of rotatable bonds is 21. The van der Waals surface area contributed by atoms with E-state index in [1.54, 1.807) is 0 Å². The summed E-state index contributed by atoms with van der Waals surface area (Å²) in [5.74, 6) is 0. The smallest absolute Gasteiger partial charge is 0.126 e. The standard InChI is InChI=1S/C25H52NO2.ClH/c1-6-7-8-9-10-11-12-13-14-15-16-17-18-19-20-26(4,5)21-25(27)23-28-22-24(2)3;/h25,27H,2,6-23H2,1,3-5H3;1H/q+1;/p-1. The summed E-state index contributed by atoms with van der Waals surface area (Å²) >= 11 is 0. The largest absolute Gasteiger partial charge is 1.00 e. The van der Waals surface area contributed by atoms with Crippen LogP contribution in [0.15, 0.2) is 12.2 Å². The van der Waals surface area contributed by atoms with Gasteiger partial charge in [-0.1, -0.05) is 96.1 Å². The topological polar surface area (TPSA) is 29.5 Å². The van der Waals surface area contributed by atoms with Gasteiger partial charge in [0, 0.05) is 0 Å². The van der Waals surface area contributed by atoms with Crippen LogP contribution < -0.4 is 12.4 Å². The average Bonchev–Trinajstić information content (AvgIpc) is 2.61. The maximum absolute atomic E-state index is 10.1. The molecule has 0 bridgehead atoms. The lowest BCUT2D eigenvalue weighted by Gasteiger charge is -2.32. The van der Waals surface area contributed by atoms with Gasteiger partial charge < -0.3 is 26.7 Å². The maximum atomic E-state index is 10.1. The van der Waals surface area contributed by atoms with E-state index in [0.29, 0.717) is 13.2 Å². The molecule has 0 radical (unpaired) electrons. The van der Waals surface area contributed by atoms with Gasteiger partial charge in [-0.2, -0.15) is 0 Å². The molecule has 0 aromatic carbocycles. The van der Waals surface area contributed by atoms with Gasteiger partial charge in [-0.15, -0.1) is 0 Å². The van der Waals surface area contributed by atoms with E-state index in [2.05, 4.69) is 27.6 Å². The fourth-order valence-corrected chi connectivity index (χ4v) is 3.82. The highest BCUT2D eigenvalue weighted by atomic mass is 35.5. The minimum Gasteiger partial charge on any atom is -1.00 e. The summed E-state index contributed by atoms with van der Waals surface area (Å²) in [5.41, 5.74) is 1.00. The van der Waals surface area contributed by atoms with Gasteiger partial charge in [-0.05, 0) is 19.8 Å². The van der Waals surface area contributed by atoms with Crippen molar-refractivity contribution in [1.29, 1.82) is 0 Å². The van der Waals surface area contributed by atoms with Crippen LogP contribution >= 0.6 is 0 Å². The normalized spacial score (nSPS) is 12.6. The molecule has 0 saturated heterocycles. The molecule has 0 amide bonds. The van der Waals surface area contributed by atoms with E-state index in [4.69, 9.17) is 4.74 Å². The summed E-state index contributed by atoms with van der Waals surface area (Å²) < 4.78 is 6.34. The van der Waals surface area contributed by atoms with E-state index in [1.807, 2.05) is 6.92 Å². The number of hydrogen-bond donors (Lipinski definition) is 1. The first-order chi connectivity index (χ1) is 13.4. The van der Waals surface area contributed by atoms with E-state index in [9.17, 15) is 5.11 Å². The molecule has 0 heterocycles. The molecule has 176 valence electrons. The Labute approximate surface area is 189 Å². The van der Waals surface area contributed by atoms with Crippen LogP contribution in [0.2, 0.25) is 0 Å². The highest BCUT2D eigenvalue weighted by Crippen LogP contribution is 2.13. The minimum atomic E-state index is -0.388. The van der Waals surface area contributed by atoms with Crippen LogP contribution in [0.5, 0.6) is 0 Å². The molecule has 0 aliphatic heterocycles. The summed E-state index contributed by atoms with van der Waals surface area (Å²) in [6, 6.07) is 0. The lowest BCUT2D eigenvalue weighted by molar-refractivity contribution is -0.893. The number of quaternary nitrogens is 1. The Morgan fingerprint density at radius 3 is 1.66 bits per heavy atom. The van der Waals surface area contributed by atoms with Gasteiger partial charge in [-0.25, -0.2) is 0 Å². The Bertz CT molecular complexity index is 361. The Morgan fingerprint density at radius 1 is 0.828 bits per heavy atom. The first-order valence-corrected chi connectivity index (χ1v) is 12.1. The molecule has 0 aliphatic rings. The summed E-state index contributed by atoms with van der Waals surface area (Å²) in [4.78, 5) is 0. The Hall–Kier alpha value is -0.0900. The quantitative estimate of drug-likeness (QED) is 0.170. The Kier molecular flexibility index (Phi) is 22.7. The van der Waals surface area contributed by atoms with Crippen molar-refractivity contribution >= 4 is 0 Å². The number of unbranched alkanes of at least 4 members (excludes halogenated alkanes) is 13.